The molecule has 0 radical (unpaired) electrons. The third kappa shape index (κ3) is 5.13. The van der Waals surface area contributed by atoms with Gasteiger partial charge in [0.2, 0.25) is 15.9 Å². The fraction of sp³-hybridized carbons (Fsp3) is 0.667. The third-order valence-electron chi connectivity index (χ3n) is 6.23. The van der Waals surface area contributed by atoms with E-state index in [-0.39, 0.29) is 17.7 Å². The number of carbonyl (C=O) groups excluding carboxylic acids is 1. The molecule has 1 heterocycles. The van der Waals surface area contributed by atoms with Crippen LogP contribution in [0.25, 0.3) is 0 Å². The zero-order valence-corrected chi connectivity index (χ0v) is 17.9. The molecule has 1 aliphatic carbocycles. The summed E-state index contributed by atoms with van der Waals surface area (Å²) in [4.78, 5) is 17.0. The van der Waals surface area contributed by atoms with Crippen molar-refractivity contribution >= 4 is 15.9 Å². The maximum absolute atomic E-state index is 12.9. The van der Waals surface area contributed by atoms with E-state index in [4.69, 9.17) is 0 Å². The summed E-state index contributed by atoms with van der Waals surface area (Å²) in [5, 5.41) is 0. The van der Waals surface area contributed by atoms with Crippen molar-refractivity contribution in [3.63, 3.8) is 0 Å². The molecule has 28 heavy (non-hydrogen) atoms. The molecule has 1 aromatic carbocycles. The van der Waals surface area contributed by atoms with Crippen molar-refractivity contribution in [3.8, 4) is 0 Å². The van der Waals surface area contributed by atoms with Gasteiger partial charge in [-0.25, -0.2) is 8.42 Å². The zero-order chi connectivity index (χ0) is 20.1. The van der Waals surface area contributed by atoms with E-state index in [1.807, 2.05) is 49.2 Å². The Bertz CT molecular complexity index is 739. The molecule has 0 spiro atoms. The number of likely N-dealkylation sites (N-methyl/N-ethyl adjacent to an activating group) is 1. The van der Waals surface area contributed by atoms with Gasteiger partial charge in [0.15, 0.2) is 0 Å². The summed E-state index contributed by atoms with van der Waals surface area (Å²) >= 11 is 0. The Morgan fingerprint density at radius 2 is 1.68 bits per heavy atom. The maximum atomic E-state index is 12.9. The summed E-state index contributed by atoms with van der Waals surface area (Å²) in [5.74, 6) is 0.194. The molecule has 7 heteroatoms. The first kappa shape index (κ1) is 21.3. The van der Waals surface area contributed by atoms with Gasteiger partial charge in [-0.1, -0.05) is 49.6 Å². The molecule has 2 aliphatic rings. The monoisotopic (exact) mass is 407 g/mol. The lowest BCUT2D eigenvalue weighted by Crippen LogP contribution is -2.56. The highest BCUT2D eigenvalue weighted by atomic mass is 32.2. The van der Waals surface area contributed by atoms with Crippen molar-refractivity contribution in [1.29, 1.82) is 0 Å². The Morgan fingerprint density at radius 3 is 2.29 bits per heavy atom. The molecule has 1 saturated heterocycles. The second-order valence-corrected chi connectivity index (χ2v) is 10.1. The summed E-state index contributed by atoms with van der Waals surface area (Å²) < 4.78 is 27.0. The van der Waals surface area contributed by atoms with Crippen molar-refractivity contribution in [2.75, 3.05) is 33.2 Å². The van der Waals surface area contributed by atoms with E-state index in [9.17, 15) is 13.2 Å². The molecular weight excluding hydrogens is 374 g/mol. The molecule has 0 aromatic heterocycles. The van der Waals surface area contributed by atoms with Crippen LogP contribution in [0.15, 0.2) is 30.3 Å². The number of benzene rings is 1. The van der Waals surface area contributed by atoms with Gasteiger partial charge >= 0.3 is 0 Å². The molecule has 6 nitrogen and oxygen atoms in total. The minimum atomic E-state index is -3.33. The van der Waals surface area contributed by atoms with E-state index >= 15 is 0 Å². The maximum Gasteiger partial charge on any atom is 0.239 e. The van der Waals surface area contributed by atoms with Gasteiger partial charge < -0.3 is 4.90 Å². The van der Waals surface area contributed by atoms with E-state index in [1.54, 1.807) is 4.31 Å². The van der Waals surface area contributed by atoms with Crippen LogP contribution in [0.2, 0.25) is 0 Å². The van der Waals surface area contributed by atoms with Crippen LogP contribution in [0.1, 0.15) is 44.6 Å². The fourth-order valence-electron chi connectivity index (χ4n) is 4.34. The Morgan fingerprint density at radius 1 is 1.07 bits per heavy atom. The van der Waals surface area contributed by atoms with Gasteiger partial charge in [-0.3, -0.25) is 9.69 Å². The van der Waals surface area contributed by atoms with Crippen LogP contribution in [0.5, 0.6) is 0 Å². The predicted octanol–water partition coefficient (Wildman–Crippen LogP) is 2.31. The van der Waals surface area contributed by atoms with E-state index in [0.29, 0.717) is 32.2 Å². The first-order valence-corrected chi connectivity index (χ1v) is 12.0. The van der Waals surface area contributed by atoms with Gasteiger partial charge in [0.25, 0.3) is 0 Å². The number of piperazine rings is 1. The van der Waals surface area contributed by atoms with Gasteiger partial charge in [-0.2, -0.15) is 4.31 Å². The van der Waals surface area contributed by atoms with Crippen molar-refractivity contribution in [1.82, 2.24) is 14.1 Å². The van der Waals surface area contributed by atoms with Gasteiger partial charge in [-0.05, 0) is 25.3 Å². The lowest BCUT2D eigenvalue weighted by atomic mass is 9.94. The number of carbonyl (C=O) groups is 1. The summed E-state index contributed by atoms with van der Waals surface area (Å²) in [5.41, 5.74) is 0.808. The smallest absolute Gasteiger partial charge is 0.239 e. The van der Waals surface area contributed by atoms with Crippen LogP contribution >= 0.6 is 0 Å². The number of amides is 1. The number of sulfonamides is 1. The quantitative estimate of drug-likeness (QED) is 0.726. The van der Waals surface area contributed by atoms with E-state index < -0.39 is 10.0 Å². The molecular formula is C21H33N3O3S. The molecule has 1 aliphatic heterocycles. The second-order valence-electron chi connectivity index (χ2n) is 8.09. The van der Waals surface area contributed by atoms with Crippen LogP contribution in [-0.4, -0.2) is 73.7 Å². The molecule has 1 atom stereocenters. The fourth-order valence-corrected chi connectivity index (χ4v) is 5.86. The molecule has 3 rings (SSSR count). The van der Waals surface area contributed by atoms with Crippen LogP contribution in [0, 0.1) is 0 Å². The minimum absolute atomic E-state index is 0.0345. The first-order chi connectivity index (χ1) is 13.4. The van der Waals surface area contributed by atoms with Gasteiger partial charge in [-0.15, -0.1) is 0 Å². The summed E-state index contributed by atoms with van der Waals surface area (Å²) in [7, 11) is -1.40. The number of hydrogen-bond acceptors (Lipinski definition) is 4. The standard InChI is InChI=1S/C21H33N3O3S/c1-18(21(25)22(2)20-11-7-4-8-12-20)23-13-15-24(16-14-23)28(26,27)17-19-9-5-3-6-10-19/h3,5-6,9-10,18,20H,4,7-8,11-17H2,1-2H3/t18-/m1/s1. The SMILES string of the molecule is C[C@H](C(=O)N(C)C1CCCCC1)N1CCN(S(=O)(=O)Cc2ccccc2)CC1. The highest BCUT2D eigenvalue weighted by Gasteiger charge is 2.33. The summed E-state index contributed by atoms with van der Waals surface area (Å²) in [6.45, 7) is 4.04. The van der Waals surface area contributed by atoms with E-state index in [0.717, 1.165) is 18.4 Å². The number of rotatable bonds is 6. The largest absolute Gasteiger partial charge is 0.341 e. The number of nitrogens with zero attached hydrogens (tertiary/aromatic N) is 3. The molecule has 156 valence electrons. The first-order valence-electron chi connectivity index (χ1n) is 10.4. The van der Waals surface area contributed by atoms with Gasteiger partial charge in [0.1, 0.15) is 0 Å². The second kappa shape index (κ2) is 9.37. The Balaban J connectivity index is 1.53. The summed E-state index contributed by atoms with van der Waals surface area (Å²) in [6, 6.07) is 9.45. The normalized spacial score (nSPS) is 21.4. The van der Waals surface area contributed by atoms with Crippen LogP contribution in [-0.2, 0) is 20.6 Å². The van der Waals surface area contributed by atoms with Crippen molar-refractivity contribution in [2.24, 2.45) is 0 Å². The van der Waals surface area contributed by atoms with Crippen molar-refractivity contribution in [2.45, 2.75) is 56.9 Å². The molecule has 0 N–H and O–H groups in total. The highest BCUT2D eigenvalue weighted by molar-refractivity contribution is 7.88. The summed E-state index contributed by atoms with van der Waals surface area (Å²) in [6.07, 6.45) is 5.87. The average molecular weight is 408 g/mol. The van der Waals surface area contributed by atoms with Gasteiger partial charge in [0.05, 0.1) is 11.8 Å². The minimum Gasteiger partial charge on any atom is -0.341 e. The Labute approximate surface area is 169 Å². The van der Waals surface area contributed by atoms with Crippen molar-refractivity contribution in [3.05, 3.63) is 35.9 Å². The molecule has 0 bridgehead atoms. The van der Waals surface area contributed by atoms with Crippen LogP contribution in [0.4, 0.5) is 0 Å². The molecule has 2 fully saturated rings. The Hall–Kier alpha value is -1.44. The molecule has 1 aromatic rings. The lowest BCUT2D eigenvalue weighted by molar-refractivity contribution is -0.138. The van der Waals surface area contributed by atoms with Crippen LogP contribution < -0.4 is 0 Å². The number of hydrogen-bond donors (Lipinski definition) is 0. The zero-order valence-electron chi connectivity index (χ0n) is 17.1. The molecule has 1 saturated carbocycles. The Kier molecular flexibility index (Phi) is 7.12. The van der Waals surface area contributed by atoms with E-state index in [2.05, 4.69) is 4.90 Å². The van der Waals surface area contributed by atoms with E-state index in [1.165, 1.54) is 19.3 Å². The highest BCUT2D eigenvalue weighted by Crippen LogP contribution is 2.23. The lowest BCUT2D eigenvalue weighted by Gasteiger charge is -2.40. The average Bonchev–Trinajstić information content (AvgIpc) is 2.73. The van der Waals surface area contributed by atoms with Gasteiger partial charge in [0, 0.05) is 39.3 Å². The van der Waals surface area contributed by atoms with Crippen LogP contribution in [0.3, 0.4) is 0 Å². The third-order valence-corrected chi connectivity index (χ3v) is 8.08. The molecule has 1 amide bonds. The molecule has 0 unspecified atom stereocenters. The topological polar surface area (TPSA) is 60.9 Å². The predicted molar refractivity (Wildman–Crippen MR) is 111 cm³/mol. The van der Waals surface area contributed by atoms with Crippen molar-refractivity contribution < 1.29 is 13.2 Å².